The number of nitrogens with one attached hydrogen (secondary N) is 2. The van der Waals surface area contributed by atoms with Gasteiger partial charge >= 0.3 is 0 Å². The molecular weight excluding hydrogens is 414 g/mol. The van der Waals surface area contributed by atoms with Crippen LogP contribution in [0.3, 0.4) is 0 Å². The van der Waals surface area contributed by atoms with Gasteiger partial charge in [0.1, 0.15) is 0 Å². The Hall–Kier alpha value is 1.38. The Bertz CT molecular complexity index is 192. The normalized spacial score (nSPS) is 33.0. The largest absolute Gasteiger partial charge is 0.261 e. The van der Waals surface area contributed by atoms with Crippen molar-refractivity contribution in [2.75, 3.05) is 6.54 Å². The summed E-state index contributed by atoms with van der Waals surface area (Å²) in [6.07, 6.45) is 4.02. The second kappa shape index (κ2) is 6.35. The van der Waals surface area contributed by atoms with E-state index in [0.29, 0.717) is 5.41 Å². The molecule has 3 unspecified atom stereocenters. The Labute approximate surface area is 122 Å². The van der Waals surface area contributed by atoms with E-state index in [-0.39, 0.29) is 0 Å². The molecule has 0 radical (unpaired) electrons. The summed E-state index contributed by atoms with van der Waals surface area (Å²) in [7, 11) is 0. The van der Waals surface area contributed by atoms with E-state index in [1.165, 1.54) is 19.3 Å². The van der Waals surface area contributed by atoms with Gasteiger partial charge in [-0.05, 0) is 36.5 Å². The Kier molecular flexibility index (Phi) is 6.11. The fraction of sp³-hybridized carbons (Fsp3) is 1.00. The molecule has 0 aromatic carbocycles. The second-order valence-corrected chi connectivity index (χ2v) is 7.08. The van der Waals surface area contributed by atoms with Gasteiger partial charge in [0.25, 0.3) is 0 Å². The lowest BCUT2D eigenvalue weighted by atomic mass is 9.65. The molecule has 0 amide bonds. The molecule has 1 fully saturated rings. The molecule has 90 valence electrons. The van der Waals surface area contributed by atoms with E-state index < -0.39 is 0 Å². The molecule has 1 saturated carbocycles. The van der Waals surface area contributed by atoms with Crippen molar-refractivity contribution in [3.05, 3.63) is 0 Å². The third-order valence-electron chi connectivity index (χ3n) is 3.60. The van der Waals surface area contributed by atoms with E-state index in [2.05, 4.69) is 73.6 Å². The molecule has 1 aliphatic rings. The van der Waals surface area contributed by atoms with Crippen LogP contribution in [-0.2, 0) is 0 Å². The smallest absolute Gasteiger partial charge is 0.0172 e. The van der Waals surface area contributed by atoms with Gasteiger partial charge in [-0.1, -0.05) is 20.8 Å². The third kappa shape index (κ3) is 4.27. The highest BCUT2D eigenvalue weighted by Crippen LogP contribution is 2.41. The van der Waals surface area contributed by atoms with Crippen molar-refractivity contribution < 1.29 is 0 Å². The molecule has 15 heavy (non-hydrogen) atoms. The van der Waals surface area contributed by atoms with Crippen LogP contribution in [0, 0.1) is 17.3 Å². The molecule has 0 spiro atoms. The van der Waals surface area contributed by atoms with Gasteiger partial charge < -0.3 is 0 Å². The van der Waals surface area contributed by atoms with Crippen LogP contribution < -0.4 is 7.06 Å². The summed E-state index contributed by atoms with van der Waals surface area (Å²) in [6, 6.07) is 0.722. The zero-order valence-corrected chi connectivity index (χ0v) is 14.1. The molecule has 0 aromatic heterocycles. The van der Waals surface area contributed by atoms with E-state index >= 15 is 0 Å². The van der Waals surface area contributed by atoms with E-state index in [4.69, 9.17) is 0 Å². The lowest BCUT2D eigenvalue weighted by Gasteiger charge is -2.43. The van der Waals surface area contributed by atoms with Crippen LogP contribution in [-0.4, -0.2) is 12.6 Å². The summed E-state index contributed by atoms with van der Waals surface area (Å²) in [5, 5.41) is 0. The van der Waals surface area contributed by atoms with Gasteiger partial charge in [-0.15, -0.1) is 0 Å². The second-order valence-electron chi connectivity index (χ2n) is 5.69. The molecule has 3 atom stereocenters. The van der Waals surface area contributed by atoms with Gasteiger partial charge in [-0.2, -0.15) is 0 Å². The first kappa shape index (κ1) is 14.4. The summed E-state index contributed by atoms with van der Waals surface area (Å²) in [4.78, 5) is 0. The first-order valence-corrected chi connectivity index (χ1v) is 7.84. The standard InChI is InChI=1S/C11H22I2N2/c1-11(2,3)10-6-9(15-13)5-4-8(10)7-14-12/h8-10,14-15H,4-7H2,1-3H3. The maximum absolute atomic E-state index is 3.42. The Morgan fingerprint density at radius 3 is 2.33 bits per heavy atom. The third-order valence-corrected chi connectivity index (χ3v) is 4.92. The van der Waals surface area contributed by atoms with E-state index in [1.54, 1.807) is 0 Å². The highest BCUT2D eigenvalue weighted by molar-refractivity contribution is 14.1. The van der Waals surface area contributed by atoms with Crippen molar-refractivity contribution in [3.8, 4) is 0 Å². The molecule has 2 nitrogen and oxygen atoms in total. The summed E-state index contributed by atoms with van der Waals surface area (Å²) in [5.41, 5.74) is 0.435. The quantitative estimate of drug-likeness (QED) is 0.521. The lowest BCUT2D eigenvalue weighted by molar-refractivity contribution is 0.0984. The van der Waals surface area contributed by atoms with Gasteiger partial charge in [0.05, 0.1) is 0 Å². The molecule has 1 aliphatic carbocycles. The molecule has 0 aliphatic heterocycles. The van der Waals surface area contributed by atoms with Crippen molar-refractivity contribution in [1.29, 1.82) is 0 Å². The van der Waals surface area contributed by atoms with Gasteiger partial charge in [0.15, 0.2) is 0 Å². The number of hydrogen-bond donors (Lipinski definition) is 2. The van der Waals surface area contributed by atoms with Gasteiger partial charge in [0.2, 0.25) is 0 Å². The van der Waals surface area contributed by atoms with Crippen molar-refractivity contribution in [1.82, 2.24) is 7.06 Å². The average Bonchev–Trinajstić information content (AvgIpc) is 2.17. The molecule has 0 bridgehead atoms. The van der Waals surface area contributed by atoms with Crippen molar-refractivity contribution in [2.45, 2.75) is 46.1 Å². The van der Waals surface area contributed by atoms with Crippen LogP contribution in [0.25, 0.3) is 0 Å². The van der Waals surface area contributed by atoms with Gasteiger partial charge in [-0.3, -0.25) is 7.06 Å². The Morgan fingerprint density at radius 2 is 1.87 bits per heavy atom. The lowest BCUT2D eigenvalue weighted by Crippen LogP contribution is -2.42. The Morgan fingerprint density at radius 1 is 1.20 bits per heavy atom. The summed E-state index contributed by atoms with van der Waals surface area (Å²) >= 11 is 4.58. The zero-order chi connectivity index (χ0) is 11.5. The number of rotatable bonds is 3. The van der Waals surface area contributed by atoms with E-state index in [1.807, 2.05) is 0 Å². The fourth-order valence-corrected chi connectivity index (χ4v) is 3.87. The van der Waals surface area contributed by atoms with Gasteiger partial charge in [-0.25, -0.2) is 0 Å². The van der Waals surface area contributed by atoms with Crippen molar-refractivity contribution in [3.63, 3.8) is 0 Å². The molecule has 4 heteroatoms. The molecular formula is C11H22I2N2. The molecule has 2 N–H and O–H groups in total. The predicted octanol–water partition coefficient (Wildman–Crippen LogP) is 3.70. The minimum absolute atomic E-state index is 0.435. The van der Waals surface area contributed by atoms with Crippen molar-refractivity contribution >= 4 is 45.7 Å². The minimum Gasteiger partial charge on any atom is -0.261 e. The zero-order valence-electron chi connectivity index (χ0n) is 9.82. The first-order valence-electron chi connectivity index (χ1n) is 5.68. The summed E-state index contributed by atoms with van der Waals surface area (Å²) < 4.78 is 6.74. The van der Waals surface area contributed by atoms with Crippen LogP contribution in [0.5, 0.6) is 0 Å². The van der Waals surface area contributed by atoms with Crippen LogP contribution in [0.4, 0.5) is 0 Å². The SMILES string of the molecule is CC(C)(C)C1CC(NI)CCC1CNI. The van der Waals surface area contributed by atoms with Crippen LogP contribution >= 0.6 is 45.7 Å². The summed E-state index contributed by atoms with van der Waals surface area (Å²) in [5.74, 6) is 1.68. The number of halogens is 2. The van der Waals surface area contributed by atoms with E-state index in [0.717, 1.165) is 24.4 Å². The van der Waals surface area contributed by atoms with Gasteiger partial charge in [0, 0.05) is 58.3 Å². The number of hydrogen-bond acceptors (Lipinski definition) is 2. The minimum atomic E-state index is 0.435. The molecule has 0 saturated heterocycles. The highest BCUT2D eigenvalue weighted by Gasteiger charge is 2.36. The topological polar surface area (TPSA) is 24.1 Å². The van der Waals surface area contributed by atoms with Crippen LogP contribution in [0.2, 0.25) is 0 Å². The van der Waals surface area contributed by atoms with E-state index in [9.17, 15) is 0 Å². The summed E-state index contributed by atoms with van der Waals surface area (Å²) in [6.45, 7) is 8.31. The molecule has 0 aromatic rings. The van der Waals surface area contributed by atoms with Crippen LogP contribution in [0.1, 0.15) is 40.0 Å². The maximum Gasteiger partial charge on any atom is 0.0172 e. The average molecular weight is 436 g/mol. The van der Waals surface area contributed by atoms with Crippen molar-refractivity contribution in [2.24, 2.45) is 17.3 Å². The predicted molar refractivity (Wildman–Crippen MR) is 83.3 cm³/mol. The molecule has 0 heterocycles. The van der Waals surface area contributed by atoms with Crippen LogP contribution in [0.15, 0.2) is 0 Å². The monoisotopic (exact) mass is 436 g/mol. The maximum atomic E-state index is 3.42. The first-order chi connectivity index (χ1) is 6.99. The highest BCUT2D eigenvalue weighted by atomic mass is 127. The molecule has 1 rings (SSSR count). The fourth-order valence-electron chi connectivity index (χ4n) is 2.74. The Balaban J connectivity index is 2.65.